The Morgan fingerprint density at radius 1 is 1.44 bits per heavy atom. The number of aromatic carboxylic acids is 1. The first-order valence-corrected chi connectivity index (χ1v) is 5.05. The lowest BCUT2D eigenvalue weighted by Crippen LogP contribution is -2.13. The third kappa shape index (κ3) is 2.05. The summed E-state index contributed by atoms with van der Waals surface area (Å²) in [6.45, 7) is 1.73. The number of hydrogen-bond donors (Lipinski definition) is 2. The zero-order valence-electron chi connectivity index (χ0n) is 9.49. The van der Waals surface area contributed by atoms with Crippen molar-refractivity contribution in [1.82, 2.24) is 14.8 Å². The first kappa shape index (κ1) is 11.8. The molecule has 0 spiro atoms. The molecule has 0 bridgehead atoms. The molecule has 1 amide bonds. The van der Waals surface area contributed by atoms with Crippen LogP contribution in [0.5, 0.6) is 0 Å². The van der Waals surface area contributed by atoms with Crippen LogP contribution in [0.4, 0.5) is 0 Å². The largest absolute Gasteiger partial charge is 0.478 e. The molecule has 0 atom stereocenters. The number of carboxylic acid groups (broad SMARTS) is 1. The summed E-state index contributed by atoms with van der Waals surface area (Å²) in [5.74, 6) is -1.79. The maximum Gasteiger partial charge on any atom is 0.339 e. The second kappa shape index (κ2) is 4.28. The van der Waals surface area contributed by atoms with Crippen LogP contribution in [0.1, 0.15) is 26.5 Å². The number of nitrogens with two attached hydrogens (primary N) is 1. The summed E-state index contributed by atoms with van der Waals surface area (Å²) in [5.41, 5.74) is 6.14. The molecule has 0 radical (unpaired) electrons. The molecule has 0 saturated heterocycles. The Balaban J connectivity index is 2.57. The first-order chi connectivity index (χ1) is 8.49. The van der Waals surface area contributed by atoms with Crippen molar-refractivity contribution in [2.24, 2.45) is 5.73 Å². The van der Waals surface area contributed by atoms with Gasteiger partial charge in [0.05, 0.1) is 5.69 Å². The molecule has 0 aliphatic carbocycles. The normalized spacial score (nSPS) is 10.3. The van der Waals surface area contributed by atoms with Crippen LogP contribution in [0, 0.1) is 6.92 Å². The second-order valence-electron chi connectivity index (χ2n) is 3.66. The summed E-state index contributed by atoms with van der Waals surface area (Å²) in [7, 11) is 0. The monoisotopic (exact) mass is 246 g/mol. The highest BCUT2D eigenvalue weighted by molar-refractivity contribution is 5.92. The van der Waals surface area contributed by atoms with E-state index < -0.39 is 11.9 Å². The van der Waals surface area contributed by atoms with Crippen LogP contribution in [0.25, 0.3) is 5.69 Å². The lowest BCUT2D eigenvalue weighted by molar-refractivity contribution is 0.0696. The van der Waals surface area contributed by atoms with E-state index in [0.717, 1.165) is 0 Å². The minimum Gasteiger partial charge on any atom is -0.478 e. The molecular weight excluding hydrogens is 236 g/mol. The van der Waals surface area contributed by atoms with E-state index in [1.165, 1.54) is 23.1 Å². The third-order valence-corrected chi connectivity index (χ3v) is 2.34. The highest BCUT2D eigenvalue weighted by Gasteiger charge is 2.14. The van der Waals surface area contributed by atoms with Gasteiger partial charge in [-0.15, -0.1) is 0 Å². The molecule has 2 aromatic rings. The van der Waals surface area contributed by atoms with Crippen molar-refractivity contribution >= 4 is 11.9 Å². The van der Waals surface area contributed by atoms with Crippen molar-refractivity contribution in [1.29, 1.82) is 0 Å². The molecule has 0 aliphatic rings. The van der Waals surface area contributed by atoms with Crippen molar-refractivity contribution in [3.63, 3.8) is 0 Å². The standard InChI is InChI=1S/C11H10N4O3/c1-6-4-9(7(5-13-6)11(17)18)15-3-2-8(14-15)10(12)16/h2-5H,1H3,(H2,12,16)(H,17,18). The van der Waals surface area contributed by atoms with Crippen molar-refractivity contribution in [3.05, 3.63) is 41.5 Å². The van der Waals surface area contributed by atoms with Crippen LogP contribution < -0.4 is 5.73 Å². The van der Waals surface area contributed by atoms with Gasteiger partial charge in [-0.2, -0.15) is 5.10 Å². The van der Waals surface area contributed by atoms with Gasteiger partial charge in [0.15, 0.2) is 0 Å². The van der Waals surface area contributed by atoms with E-state index in [1.54, 1.807) is 13.0 Å². The van der Waals surface area contributed by atoms with E-state index in [1.807, 2.05) is 0 Å². The summed E-state index contributed by atoms with van der Waals surface area (Å²) in [4.78, 5) is 25.9. The van der Waals surface area contributed by atoms with E-state index in [4.69, 9.17) is 10.8 Å². The molecule has 2 aromatic heterocycles. The van der Waals surface area contributed by atoms with Crippen LogP contribution in [-0.2, 0) is 0 Å². The van der Waals surface area contributed by atoms with Crippen molar-refractivity contribution in [2.45, 2.75) is 6.92 Å². The maximum atomic E-state index is 11.1. The predicted octanol–water partition coefficient (Wildman–Crippen LogP) is 0.373. The summed E-state index contributed by atoms with van der Waals surface area (Å²) in [5, 5.41) is 13.0. The Kier molecular flexibility index (Phi) is 2.80. The fourth-order valence-corrected chi connectivity index (χ4v) is 1.49. The number of carboxylic acids is 1. The Labute approximate surface area is 102 Å². The average Bonchev–Trinajstić information content (AvgIpc) is 2.77. The van der Waals surface area contributed by atoms with Crippen molar-refractivity contribution in [2.75, 3.05) is 0 Å². The SMILES string of the molecule is Cc1cc(-n2ccc(C(N)=O)n2)c(C(=O)O)cn1. The molecule has 3 N–H and O–H groups in total. The minimum absolute atomic E-state index is 0.000259. The number of carbonyl (C=O) groups excluding carboxylic acids is 1. The number of primary amides is 1. The van der Waals surface area contributed by atoms with Crippen molar-refractivity contribution < 1.29 is 14.7 Å². The summed E-state index contributed by atoms with van der Waals surface area (Å²) in [6, 6.07) is 2.99. The zero-order valence-corrected chi connectivity index (χ0v) is 9.49. The van der Waals surface area contributed by atoms with Crippen LogP contribution in [-0.4, -0.2) is 31.7 Å². The first-order valence-electron chi connectivity index (χ1n) is 5.05. The third-order valence-electron chi connectivity index (χ3n) is 2.34. The van der Waals surface area contributed by atoms with Gasteiger partial charge in [0, 0.05) is 18.1 Å². The predicted molar refractivity (Wildman–Crippen MR) is 61.6 cm³/mol. The number of rotatable bonds is 3. The van der Waals surface area contributed by atoms with Gasteiger partial charge in [0.25, 0.3) is 5.91 Å². The summed E-state index contributed by atoms with van der Waals surface area (Å²) in [6.07, 6.45) is 2.72. The van der Waals surface area contributed by atoms with Crippen LogP contribution >= 0.6 is 0 Å². The number of carbonyl (C=O) groups is 2. The Hall–Kier alpha value is -2.70. The molecule has 0 unspecified atom stereocenters. The maximum absolute atomic E-state index is 11.1. The Morgan fingerprint density at radius 3 is 2.72 bits per heavy atom. The molecule has 0 aliphatic heterocycles. The van der Waals surface area contributed by atoms with Gasteiger partial charge in [-0.1, -0.05) is 0 Å². The number of pyridine rings is 1. The fourth-order valence-electron chi connectivity index (χ4n) is 1.49. The topological polar surface area (TPSA) is 111 Å². The van der Waals surface area contributed by atoms with Crippen LogP contribution in [0.3, 0.4) is 0 Å². The molecule has 7 nitrogen and oxygen atoms in total. The molecule has 0 aromatic carbocycles. The molecule has 0 fully saturated rings. The van der Waals surface area contributed by atoms with Gasteiger partial charge >= 0.3 is 5.97 Å². The minimum atomic E-state index is -1.12. The lowest BCUT2D eigenvalue weighted by atomic mass is 10.2. The lowest BCUT2D eigenvalue weighted by Gasteiger charge is -2.06. The smallest absolute Gasteiger partial charge is 0.339 e. The van der Waals surface area contributed by atoms with Crippen molar-refractivity contribution in [3.8, 4) is 5.69 Å². The number of nitrogens with zero attached hydrogens (tertiary/aromatic N) is 3. The van der Waals surface area contributed by atoms with Gasteiger partial charge in [-0.05, 0) is 19.1 Å². The van der Waals surface area contributed by atoms with Crippen LogP contribution in [0.15, 0.2) is 24.5 Å². The highest BCUT2D eigenvalue weighted by Crippen LogP contribution is 2.14. The van der Waals surface area contributed by atoms with Crippen LogP contribution in [0.2, 0.25) is 0 Å². The summed E-state index contributed by atoms with van der Waals surface area (Å²) >= 11 is 0. The van der Waals surface area contributed by atoms with E-state index in [0.29, 0.717) is 11.4 Å². The van der Waals surface area contributed by atoms with Gasteiger partial charge in [-0.25, -0.2) is 9.48 Å². The highest BCUT2D eigenvalue weighted by atomic mass is 16.4. The quantitative estimate of drug-likeness (QED) is 0.812. The number of amides is 1. The summed E-state index contributed by atoms with van der Waals surface area (Å²) < 4.78 is 1.29. The molecule has 7 heteroatoms. The van der Waals surface area contributed by atoms with E-state index in [-0.39, 0.29) is 11.3 Å². The Bertz CT molecular complexity index is 633. The van der Waals surface area contributed by atoms with Gasteiger partial charge in [0.2, 0.25) is 0 Å². The molecule has 92 valence electrons. The second-order valence-corrected chi connectivity index (χ2v) is 3.66. The van der Waals surface area contributed by atoms with E-state index >= 15 is 0 Å². The van der Waals surface area contributed by atoms with Gasteiger partial charge in [0.1, 0.15) is 11.3 Å². The number of aryl methyl sites for hydroxylation is 1. The van der Waals surface area contributed by atoms with E-state index in [9.17, 15) is 9.59 Å². The molecule has 2 rings (SSSR count). The molecule has 18 heavy (non-hydrogen) atoms. The number of hydrogen-bond acceptors (Lipinski definition) is 4. The van der Waals surface area contributed by atoms with Gasteiger partial charge < -0.3 is 10.8 Å². The number of aromatic nitrogens is 3. The van der Waals surface area contributed by atoms with Gasteiger partial charge in [-0.3, -0.25) is 9.78 Å². The molecular formula is C11H10N4O3. The Morgan fingerprint density at radius 2 is 2.17 bits per heavy atom. The molecule has 2 heterocycles. The fraction of sp³-hybridized carbons (Fsp3) is 0.0909. The molecule has 0 saturated carbocycles. The van der Waals surface area contributed by atoms with E-state index in [2.05, 4.69) is 10.1 Å². The average molecular weight is 246 g/mol. The zero-order chi connectivity index (χ0) is 13.3.